The molecule has 0 aliphatic carbocycles. The summed E-state index contributed by atoms with van der Waals surface area (Å²) in [5, 5.41) is 7.13. The van der Waals surface area contributed by atoms with E-state index < -0.39 is 0 Å². The first-order valence-corrected chi connectivity index (χ1v) is 11.3. The summed E-state index contributed by atoms with van der Waals surface area (Å²) in [6.07, 6.45) is 22.6. The zero-order chi connectivity index (χ0) is 17.6. The van der Waals surface area contributed by atoms with Crippen molar-refractivity contribution in [2.75, 3.05) is 26.2 Å². The summed E-state index contributed by atoms with van der Waals surface area (Å²) in [5.41, 5.74) is 0. The summed E-state index contributed by atoms with van der Waals surface area (Å²) in [5.74, 6) is 0. The second-order valence-electron chi connectivity index (χ2n) is 7.45. The van der Waals surface area contributed by atoms with E-state index in [9.17, 15) is 0 Å². The van der Waals surface area contributed by atoms with Crippen molar-refractivity contribution in [3.63, 3.8) is 0 Å². The number of unbranched alkanes of at least 4 members (excludes halogenated alkanes) is 14. The van der Waals surface area contributed by atoms with Crippen LogP contribution in [-0.2, 0) is 0 Å². The molecule has 0 saturated heterocycles. The topological polar surface area (TPSA) is 24.1 Å². The Balaban J connectivity index is 2.93. The molecule has 146 valence electrons. The SMILES string of the molecule is CCCCCCCCCCNCCNCCCCCCCCCC. The molecule has 0 saturated carbocycles. The molecule has 0 heterocycles. The molecule has 0 aliphatic rings. The van der Waals surface area contributed by atoms with Crippen molar-refractivity contribution in [3.8, 4) is 0 Å². The maximum Gasteiger partial charge on any atom is 0.00767 e. The van der Waals surface area contributed by atoms with E-state index in [0.717, 1.165) is 13.1 Å². The molecule has 0 radical (unpaired) electrons. The van der Waals surface area contributed by atoms with Crippen molar-refractivity contribution in [3.05, 3.63) is 0 Å². The monoisotopic (exact) mass is 340 g/mol. The number of hydrogen-bond donors (Lipinski definition) is 2. The molecule has 2 nitrogen and oxygen atoms in total. The van der Waals surface area contributed by atoms with Crippen molar-refractivity contribution in [1.29, 1.82) is 0 Å². The Hall–Kier alpha value is -0.0800. The molecule has 0 aliphatic heterocycles. The Kier molecular flexibility index (Phi) is 22.8. The molecular formula is C22H48N2. The fourth-order valence-corrected chi connectivity index (χ4v) is 3.19. The van der Waals surface area contributed by atoms with Gasteiger partial charge in [-0.25, -0.2) is 0 Å². The van der Waals surface area contributed by atoms with Gasteiger partial charge in [-0.15, -0.1) is 0 Å². The Bertz CT molecular complexity index is 184. The highest BCUT2D eigenvalue weighted by Crippen LogP contribution is 2.08. The van der Waals surface area contributed by atoms with E-state index in [-0.39, 0.29) is 0 Å². The molecule has 0 aromatic rings. The molecule has 0 aromatic carbocycles. The first-order valence-electron chi connectivity index (χ1n) is 11.3. The van der Waals surface area contributed by atoms with Crippen LogP contribution >= 0.6 is 0 Å². The minimum absolute atomic E-state index is 1.13. The average molecular weight is 341 g/mol. The van der Waals surface area contributed by atoms with Gasteiger partial charge in [0.05, 0.1) is 0 Å². The van der Waals surface area contributed by atoms with Gasteiger partial charge < -0.3 is 10.6 Å². The van der Waals surface area contributed by atoms with Gasteiger partial charge in [0.25, 0.3) is 0 Å². The van der Waals surface area contributed by atoms with Crippen molar-refractivity contribution >= 4 is 0 Å². The largest absolute Gasteiger partial charge is 0.315 e. The number of nitrogens with one attached hydrogen (secondary N) is 2. The maximum absolute atomic E-state index is 3.56. The first kappa shape index (κ1) is 23.9. The van der Waals surface area contributed by atoms with E-state index >= 15 is 0 Å². The third-order valence-electron chi connectivity index (χ3n) is 4.89. The Labute approximate surface area is 154 Å². The minimum atomic E-state index is 1.13. The van der Waals surface area contributed by atoms with Crippen LogP contribution in [0.15, 0.2) is 0 Å². The van der Waals surface area contributed by atoms with Crippen molar-refractivity contribution in [2.45, 2.75) is 117 Å². The second-order valence-corrected chi connectivity index (χ2v) is 7.45. The van der Waals surface area contributed by atoms with E-state index in [1.54, 1.807) is 0 Å². The van der Waals surface area contributed by atoms with Gasteiger partial charge >= 0.3 is 0 Å². The van der Waals surface area contributed by atoms with Crippen LogP contribution in [0.5, 0.6) is 0 Å². The van der Waals surface area contributed by atoms with Crippen molar-refractivity contribution in [2.24, 2.45) is 0 Å². The van der Waals surface area contributed by atoms with Gasteiger partial charge in [0.2, 0.25) is 0 Å². The first-order chi connectivity index (χ1) is 11.9. The fourth-order valence-electron chi connectivity index (χ4n) is 3.19. The molecule has 0 fully saturated rings. The van der Waals surface area contributed by atoms with Crippen LogP contribution in [0, 0.1) is 0 Å². The van der Waals surface area contributed by atoms with Gasteiger partial charge in [-0.2, -0.15) is 0 Å². The molecule has 0 spiro atoms. The van der Waals surface area contributed by atoms with E-state index in [4.69, 9.17) is 0 Å². The lowest BCUT2D eigenvalue weighted by Gasteiger charge is -2.07. The molecule has 0 bridgehead atoms. The van der Waals surface area contributed by atoms with Gasteiger partial charge in [-0.1, -0.05) is 104 Å². The smallest absolute Gasteiger partial charge is 0.00767 e. The van der Waals surface area contributed by atoms with Crippen LogP contribution in [0.2, 0.25) is 0 Å². The third-order valence-corrected chi connectivity index (χ3v) is 4.89. The zero-order valence-electron chi connectivity index (χ0n) is 17.1. The van der Waals surface area contributed by atoms with E-state index in [1.807, 2.05) is 0 Å². The van der Waals surface area contributed by atoms with Gasteiger partial charge in [0, 0.05) is 13.1 Å². The highest BCUT2D eigenvalue weighted by molar-refractivity contribution is 4.54. The highest BCUT2D eigenvalue weighted by Gasteiger charge is 1.93. The molecule has 0 atom stereocenters. The Morgan fingerprint density at radius 2 is 0.625 bits per heavy atom. The van der Waals surface area contributed by atoms with Crippen LogP contribution < -0.4 is 10.6 Å². The molecule has 2 heteroatoms. The van der Waals surface area contributed by atoms with Crippen LogP contribution in [0.4, 0.5) is 0 Å². The van der Waals surface area contributed by atoms with Crippen LogP contribution in [0.25, 0.3) is 0 Å². The van der Waals surface area contributed by atoms with E-state index in [0.29, 0.717) is 0 Å². The van der Waals surface area contributed by atoms with Crippen LogP contribution in [0.3, 0.4) is 0 Å². The van der Waals surface area contributed by atoms with E-state index in [2.05, 4.69) is 24.5 Å². The lowest BCUT2D eigenvalue weighted by Crippen LogP contribution is -2.28. The second kappa shape index (κ2) is 22.9. The average Bonchev–Trinajstić information content (AvgIpc) is 2.60. The van der Waals surface area contributed by atoms with Crippen molar-refractivity contribution < 1.29 is 0 Å². The summed E-state index contributed by atoms with van der Waals surface area (Å²) >= 11 is 0. The standard InChI is InChI=1S/C22H48N2/c1-3-5-7-9-11-13-15-17-19-23-21-22-24-20-18-16-14-12-10-8-6-4-2/h23-24H,3-22H2,1-2H3. The number of hydrogen-bond acceptors (Lipinski definition) is 2. The van der Waals surface area contributed by atoms with E-state index in [1.165, 1.54) is 116 Å². The third kappa shape index (κ3) is 21.9. The molecule has 24 heavy (non-hydrogen) atoms. The predicted octanol–water partition coefficient (Wildman–Crippen LogP) is 6.45. The summed E-state index contributed by atoms with van der Waals surface area (Å²) in [6.45, 7) is 9.25. The van der Waals surface area contributed by atoms with Gasteiger partial charge in [-0.05, 0) is 25.9 Å². The molecule has 0 unspecified atom stereocenters. The highest BCUT2D eigenvalue weighted by atomic mass is 14.9. The summed E-state index contributed by atoms with van der Waals surface area (Å²) in [7, 11) is 0. The Morgan fingerprint density at radius 3 is 0.958 bits per heavy atom. The van der Waals surface area contributed by atoms with Crippen LogP contribution in [0.1, 0.15) is 117 Å². The lowest BCUT2D eigenvalue weighted by atomic mass is 10.1. The van der Waals surface area contributed by atoms with Crippen molar-refractivity contribution in [1.82, 2.24) is 10.6 Å². The zero-order valence-corrected chi connectivity index (χ0v) is 17.1. The molecule has 2 N–H and O–H groups in total. The minimum Gasteiger partial charge on any atom is -0.315 e. The summed E-state index contributed by atoms with van der Waals surface area (Å²) in [6, 6.07) is 0. The molecular weight excluding hydrogens is 292 g/mol. The number of rotatable bonds is 21. The lowest BCUT2D eigenvalue weighted by molar-refractivity contribution is 0.533. The Morgan fingerprint density at radius 1 is 0.333 bits per heavy atom. The quantitative estimate of drug-likeness (QED) is 0.235. The maximum atomic E-state index is 3.56. The van der Waals surface area contributed by atoms with Crippen LogP contribution in [-0.4, -0.2) is 26.2 Å². The molecule has 0 aromatic heterocycles. The molecule has 0 rings (SSSR count). The summed E-state index contributed by atoms with van der Waals surface area (Å²) in [4.78, 5) is 0. The van der Waals surface area contributed by atoms with Gasteiger partial charge in [0.1, 0.15) is 0 Å². The fraction of sp³-hybridized carbons (Fsp3) is 1.00. The molecule has 0 amide bonds. The summed E-state index contributed by atoms with van der Waals surface area (Å²) < 4.78 is 0. The predicted molar refractivity (Wildman–Crippen MR) is 111 cm³/mol. The van der Waals surface area contributed by atoms with Gasteiger partial charge in [0.15, 0.2) is 0 Å². The normalized spacial score (nSPS) is 11.2. The van der Waals surface area contributed by atoms with Gasteiger partial charge in [-0.3, -0.25) is 0 Å².